The molecule has 2 aromatic rings. The number of benzene rings is 2. The number of para-hydroxylation sites is 1. The van der Waals surface area contributed by atoms with Crippen molar-refractivity contribution in [3.8, 4) is 5.75 Å². The van der Waals surface area contributed by atoms with E-state index in [-0.39, 0.29) is 30.2 Å². The van der Waals surface area contributed by atoms with Crippen molar-refractivity contribution in [2.45, 2.75) is 44.6 Å². The van der Waals surface area contributed by atoms with Gasteiger partial charge in [-0.05, 0) is 49.7 Å². The highest BCUT2D eigenvalue weighted by Gasteiger charge is 2.31. The number of halogens is 3. The summed E-state index contributed by atoms with van der Waals surface area (Å²) in [5, 5.41) is 5.80. The van der Waals surface area contributed by atoms with Gasteiger partial charge in [0.25, 0.3) is 5.91 Å². The summed E-state index contributed by atoms with van der Waals surface area (Å²) in [6.45, 7) is 0.392. The van der Waals surface area contributed by atoms with Crippen LogP contribution >= 0.6 is 0 Å². The summed E-state index contributed by atoms with van der Waals surface area (Å²) in [7, 11) is 1.72. The zero-order valence-electron chi connectivity index (χ0n) is 17.7. The van der Waals surface area contributed by atoms with Crippen LogP contribution in [0.5, 0.6) is 5.75 Å². The largest absolute Gasteiger partial charge is 0.573 e. The predicted octanol–water partition coefficient (Wildman–Crippen LogP) is 4.33. The van der Waals surface area contributed by atoms with E-state index >= 15 is 0 Å². The monoisotopic (exact) mass is 449 g/mol. The van der Waals surface area contributed by atoms with Gasteiger partial charge in [-0.3, -0.25) is 14.5 Å². The van der Waals surface area contributed by atoms with Crippen LogP contribution in [0.1, 0.15) is 41.6 Å². The highest BCUT2D eigenvalue weighted by atomic mass is 19.4. The second-order valence-corrected chi connectivity index (χ2v) is 7.91. The van der Waals surface area contributed by atoms with Crippen molar-refractivity contribution < 1.29 is 27.5 Å². The Kier molecular flexibility index (Phi) is 7.74. The van der Waals surface area contributed by atoms with Crippen LogP contribution in [0.2, 0.25) is 0 Å². The molecule has 32 heavy (non-hydrogen) atoms. The number of nitrogens with one attached hydrogen (secondary N) is 2. The molecule has 2 aromatic carbocycles. The van der Waals surface area contributed by atoms with Crippen molar-refractivity contribution in [2.24, 2.45) is 0 Å². The number of anilines is 1. The normalized spacial score (nSPS) is 14.4. The number of amides is 2. The van der Waals surface area contributed by atoms with Gasteiger partial charge in [-0.1, -0.05) is 37.1 Å². The maximum atomic E-state index is 12.6. The zero-order valence-corrected chi connectivity index (χ0v) is 17.7. The maximum absolute atomic E-state index is 12.6. The summed E-state index contributed by atoms with van der Waals surface area (Å²) in [6.07, 6.45) is -0.592. The molecule has 172 valence electrons. The molecule has 1 saturated carbocycles. The molecule has 0 radical (unpaired) electrons. The third-order valence-electron chi connectivity index (χ3n) is 5.16. The average molecular weight is 449 g/mol. The van der Waals surface area contributed by atoms with Crippen molar-refractivity contribution in [1.82, 2.24) is 10.2 Å². The van der Waals surface area contributed by atoms with Gasteiger partial charge in [0.2, 0.25) is 5.91 Å². The molecule has 0 spiro atoms. The van der Waals surface area contributed by atoms with Crippen molar-refractivity contribution >= 4 is 17.5 Å². The van der Waals surface area contributed by atoms with Crippen LogP contribution in [0, 0.1) is 0 Å². The fourth-order valence-electron chi connectivity index (χ4n) is 3.72. The molecule has 0 bridgehead atoms. The minimum atomic E-state index is -4.74. The molecule has 0 heterocycles. The Bertz CT molecular complexity index is 926. The first-order valence-corrected chi connectivity index (χ1v) is 10.4. The molecular formula is C23H26F3N3O3. The Balaban J connectivity index is 1.53. The quantitative estimate of drug-likeness (QED) is 0.630. The number of likely N-dealkylation sites (N-methyl/N-ethyl adjacent to an activating group) is 1. The molecule has 0 aliphatic heterocycles. The van der Waals surface area contributed by atoms with Gasteiger partial charge < -0.3 is 15.4 Å². The van der Waals surface area contributed by atoms with Crippen molar-refractivity contribution in [1.29, 1.82) is 0 Å². The second-order valence-electron chi connectivity index (χ2n) is 7.91. The molecule has 2 N–H and O–H groups in total. The van der Waals surface area contributed by atoms with Crippen LogP contribution in [0.15, 0.2) is 48.5 Å². The number of carbonyl (C=O) groups excluding carboxylic acids is 2. The van der Waals surface area contributed by atoms with Crippen molar-refractivity contribution in [2.75, 3.05) is 18.9 Å². The fraction of sp³-hybridized carbons (Fsp3) is 0.391. The number of rotatable bonds is 8. The van der Waals surface area contributed by atoms with E-state index in [2.05, 4.69) is 15.4 Å². The fourth-order valence-corrected chi connectivity index (χ4v) is 3.72. The number of nitrogens with zero attached hydrogens (tertiary/aromatic N) is 1. The molecule has 0 aromatic heterocycles. The van der Waals surface area contributed by atoms with E-state index in [1.165, 1.54) is 24.3 Å². The van der Waals surface area contributed by atoms with E-state index in [1.807, 2.05) is 0 Å². The van der Waals surface area contributed by atoms with Crippen LogP contribution in [0.4, 0.5) is 18.9 Å². The van der Waals surface area contributed by atoms with Gasteiger partial charge >= 0.3 is 6.36 Å². The van der Waals surface area contributed by atoms with Gasteiger partial charge in [-0.25, -0.2) is 0 Å². The Hall–Kier alpha value is -3.07. The van der Waals surface area contributed by atoms with Gasteiger partial charge in [-0.2, -0.15) is 0 Å². The predicted molar refractivity (Wildman–Crippen MR) is 114 cm³/mol. The molecular weight excluding hydrogens is 423 g/mol. The van der Waals surface area contributed by atoms with Crippen LogP contribution in [-0.2, 0) is 11.3 Å². The lowest BCUT2D eigenvalue weighted by Gasteiger charge is -2.18. The molecule has 0 atom stereocenters. The lowest BCUT2D eigenvalue weighted by molar-refractivity contribution is -0.274. The summed E-state index contributed by atoms with van der Waals surface area (Å²) in [5.41, 5.74) is 1.58. The van der Waals surface area contributed by atoms with E-state index in [0.717, 1.165) is 31.2 Å². The van der Waals surface area contributed by atoms with Crippen LogP contribution in [0.3, 0.4) is 0 Å². The van der Waals surface area contributed by atoms with E-state index in [1.54, 1.807) is 36.2 Å². The van der Waals surface area contributed by atoms with Crippen molar-refractivity contribution in [3.63, 3.8) is 0 Å². The molecule has 1 aliphatic rings. The number of hydrogen-bond donors (Lipinski definition) is 2. The smallest absolute Gasteiger partial charge is 0.406 e. The minimum Gasteiger partial charge on any atom is -0.406 e. The van der Waals surface area contributed by atoms with E-state index in [4.69, 9.17) is 0 Å². The summed E-state index contributed by atoms with van der Waals surface area (Å²) in [4.78, 5) is 26.9. The topological polar surface area (TPSA) is 70.7 Å². The average Bonchev–Trinajstić information content (AvgIpc) is 3.21. The second kappa shape index (κ2) is 10.5. The van der Waals surface area contributed by atoms with Gasteiger partial charge in [0, 0.05) is 12.6 Å². The molecule has 0 saturated heterocycles. The highest BCUT2D eigenvalue weighted by Crippen LogP contribution is 2.23. The summed E-state index contributed by atoms with van der Waals surface area (Å²) < 4.78 is 40.6. The maximum Gasteiger partial charge on any atom is 0.573 e. The van der Waals surface area contributed by atoms with Gasteiger partial charge in [0.05, 0.1) is 17.8 Å². The van der Waals surface area contributed by atoms with Crippen LogP contribution in [0.25, 0.3) is 0 Å². The summed E-state index contributed by atoms with van der Waals surface area (Å²) in [5.74, 6) is -0.804. The van der Waals surface area contributed by atoms with Gasteiger partial charge in [-0.15, -0.1) is 13.2 Å². The molecule has 2 amide bonds. The summed E-state index contributed by atoms with van der Waals surface area (Å²) >= 11 is 0. The first-order chi connectivity index (χ1) is 15.2. The Morgan fingerprint density at radius 3 is 2.38 bits per heavy atom. The molecule has 6 nitrogen and oxygen atoms in total. The lowest BCUT2D eigenvalue weighted by Crippen LogP contribution is -2.34. The van der Waals surface area contributed by atoms with Gasteiger partial charge in [0.1, 0.15) is 5.75 Å². The number of hydrogen-bond acceptors (Lipinski definition) is 4. The Labute approximate surface area is 184 Å². The Morgan fingerprint density at radius 1 is 1.06 bits per heavy atom. The molecule has 1 fully saturated rings. The van der Waals surface area contributed by atoms with Gasteiger partial charge in [0.15, 0.2) is 0 Å². The third-order valence-corrected chi connectivity index (χ3v) is 5.16. The lowest BCUT2D eigenvalue weighted by atomic mass is 10.1. The molecule has 0 unspecified atom stereocenters. The van der Waals surface area contributed by atoms with Crippen LogP contribution < -0.4 is 15.4 Å². The van der Waals surface area contributed by atoms with E-state index in [9.17, 15) is 22.8 Å². The first-order valence-electron chi connectivity index (χ1n) is 10.4. The highest BCUT2D eigenvalue weighted by molar-refractivity contribution is 6.04. The van der Waals surface area contributed by atoms with Crippen LogP contribution in [-0.4, -0.2) is 42.7 Å². The third kappa shape index (κ3) is 7.26. The molecule has 9 heteroatoms. The SMILES string of the molecule is CN(CC(=O)Nc1ccccc1C(=O)NC1CCCC1)Cc1ccc(OC(F)(F)F)cc1. The number of ether oxygens (including phenoxy) is 1. The minimum absolute atomic E-state index is 0.0411. The van der Waals surface area contributed by atoms with Crippen molar-refractivity contribution in [3.05, 3.63) is 59.7 Å². The van der Waals surface area contributed by atoms with E-state index in [0.29, 0.717) is 17.8 Å². The standard InChI is InChI=1S/C23H26F3N3O3/c1-29(14-16-10-12-18(13-11-16)32-23(24,25)26)15-21(30)28-20-9-5-4-8-19(20)22(31)27-17-6-2-3-7-17/h4-5,8-13,17H,2-3,6-7,14-15H2,1H3,(H,27,31)(H,28,30). The molecule has 3 rings (SSSR count). The van der Waals surface area contributed by atoms with E-state index < -0.39 is 6.36 Å². The first kappa shape index (κ1) is 23.6. The summed E-state index contributed by atoms with van der Waals surface area (Å²) in [6, 6.07) is 12.5. The number of alkyl halides is 3. The Morgan fingerprint density at radius 2 is 1.72 bits per heavy atom. The number of carbonyl (C=O) groups is 2. The zero-order chi connectivity index (χ0) is 23.1. The molecule has 1 aliphatic carbocycles.